The van der Waals surface area contributed by atoms with Crippen LogP contribution in [0, 0.1) is 0 Å². The summed E-state index contributed by atoms with van der Waals surface area (Å²) >= 11 is 0. The number of ether oxygens (including phenoxy) is 1. The molecule has 0 saturated heterocycles. The highest BCUT2D eigenvalue weighted by Gasteiger charge is 2.25. The summed E-state index contributed by atoms with van der Waals surface area (Å²) in [5.41, 5.74) is -0.0346. The van der Waals surface area contributed by atoms with Gasteiger partial charge in [-0.1, -0.05) is 0 Å². The molecule has 1 aromatic heterocycles. The summed E-state index contributed by atoms with van der Waals surface area (Å²) in [7, 11) is 1.53. The Morgan fingerprint density at radius 2 is 2.33 bits per heavy atom. The number of rotatable bonds is 5. The van der Waals surface area contributed by atoms with Crippen LogP contribution in [0.5, 0.6) is 0 Å². The van der Waals surface area contributed by atoms with Crippen molar-refractivity contribution < 1.29 is 9.84 Å². The molecule has 84 valence electrons. The van der Waals surface area contributed by atoms with Crippen molar-refractivity contribution in [3.8, 4) is 0 Å². The van der Waals surface area contributed by atoms with Crippen molar-refractivity contribution in [2.45, 2.75) is 31.5 Å². The van der Waals surface area contributed by atoms with Gasteiger partial charge in [0.05, 0.1) is 19.3 Å². The Bertz CT molecular complexity index is 378. The fraction of sp³-hybridized carbons (Fsp3) is 0.700. The molecule has 1 unspecified atom stereocenters. The lowest BCUT2D eigenvalue weighted by molar-refractivity contribution is 0.0529. The van der Waals surface area contributed by atoms with E-state index in [1.165, 1.54) is 11.7 Å². The number of nitrogens with zero attached hydrogens (tertiary/aromatic N) is 2. The lowest BCUT2D eigenvalue weighted by atomic mass is 10.4. The first-order valence-electron chi connectivity index (χ1n) is 5.16. The molecule has 1 aliphatic carbocycles. The van der Waals surface area contributed by atoms with Gasteiger partial charge in [0.25, 0.3) is 0 Å². The fourth-order valence-electron chi connectivity index (χ4n) is 1.67. The van der Waals surface area contributed by atoms with E-state index in [0.29, 0.717) is 12.6 Å². The minimum atomic E-state index is -0.622. The van der Waals surface area contributed by atoms with Gasteiger partial charge < -0.3 is 9.84 Å². The highest BCUT2D eigenvalue weighted by molar-refractivity contribution is 4.91. The van der Waals surface area contributed by atoms with Crippen LogP contribution in [0.15, 0.2) is 17.2 Å². The first-order valence-corrected chi connectivity index (χ1v) is 5.16. The Hall–Kier alpha value is -1.07. The Morgan fingerprint density at radius 3 is 2.93 bits per heavy atom. The molecule has 1 aromatic rings. The molecule has 0 spiro atoms. The Kier molecular flexibility index (Phi) is 2.93. The van der Waals surface area contributed by atoms with Crippen molar-refractivity contribution in [3.05, 3.63) is 22.9 Å². The van der Waals surface area contributed by atoms with Gasteiger partial charge in [0.15, 0.2) is 0 Å². The number of aromatic nitrogens is 2. The van der Waals surface area contributed by atoms with Gasteiger partial charge in [-0.3, -0.25) is 9.13 Å². The minimum absolute atomic E-state index is 0.0346. The monoisotopic (exact) mass is 212 g/mol. The Morgan fingerprint density at radius 1 is 1.60 bits per heavy atom. The summed E-state index contributed by atoms with van der Waals surface area (Å²) in [4.78, 5) is 11.8. The number of imidazole rings is 1. The number of aliphatic hydroxyl groups is 1. The molecular formula is C10H16N2O3. The smallest absolute Gasteiger partial charge is 0.328 e. The van der Waals surface area contributed by atoms with Crippen LogP contribution in [-0.2, 0) is 11.3 Å². The molecule has 5 heteroatoms. The van der Waals surface area contributed by atoms with Crippen molar-refractivity contribution in [1.29, 1.82) is 0 Å². The van der Waals surface area contributed by atoms with E-state index in [2.05, 4.69) is 0 Å². The average Bonchev–Trinajstić information content (AvgIpc) is 2.96. The lowest BCUT2D eigenvalue weighted by Gasteiger charge is -2.08. The second kappa shape index (κ2) is 4.20. The van der Waals surface area contributed by atoms with Crippen LogP contribution < -0.4 is 5.69 Å². The molecule has 0 amide bonds. The standard InChI is InChI=1S/C10H16N2O3/c1-15-7-9(13)6-11-4-5-12(10(11)14)8-2-3-8/h4-5,8-9,13H,2-3,6-7H2,1H3. The molecule has 1 atom stereocenters. The number of hydrogen-bond donors (Lipinski definition) is 1. The van der Waals surface area contributed by atoms with Crippen molar-refractivity contribution in [2.24, 2.45) is 0 Å². The molecule has 1 N–H and O–H groups in total. The summed E-state index contributed by atoms with van der Waals surface area (Å²) < 4.78 is 8.08. The van der Waals surface area contributed by atoms with Crippen molar-refractivity contribution in [1.82, 2.24) is 9.13 Å². The molecule has 5 nitrogen and oxygen atoms in total. The largest absolute Gasteiger partial charge is 0.389 e. The minimum Gasteiger partial charge on any atom is -0.389 e. The molecule has 1 aliphatic rings. The molecular weight excluding hydrogens is 196 g/mol. The second-order valence-corrected chi connectivity index (χ2v) is 3.98. The third-order valence-electron chi connectivity index (χ3n) is 2.58. The maximum absolute atomic E-state index is 11.8. The molecule has 1 fully saturated rings. The second-order valence-electron chi connectivity index (χ2n) is 3.98. The molecule has 1 heterocycles. The van der Waals surface area contributed by atoms with E-state index in [9.17, 15) is 9.90 Å². The van der Waals surface area contributed by atoms with Gasteiger partial charge in [0.2, 0.25) is 0 Å². The van der Waals surface area contributed by atoms with Crippen LogP contribution in [0.4, 0.5) is 0 Å². The topological polar surface area (TPSA) is 56.4 Å². The first kappa shape index (κ1) is 10.4. The zero-order chi connectivity index (χ0) is 10.8. The summed E-state index contributed by atoms with van der Waals surface area (Å²) in [6, 6.07) is 0.387. The predicted octanol–water partition coefficient (Wildman–Crippen LogP) is -0.00800. The SMILES string of the molecule is COCC(O)Cn1ccn(C2CC2)c1=O. The summed E-state index contributed by atoms with van der Waals surface area (Å²) in [6.07, 6.45) is 5.07. The number of hydrogen-bond acceptors (Lipinski definition) is 3. The van der Waals surface area contributed by atoms with Gasteiger partial charge in [-0.25, -0.2) is 4.79 Å². The van der Waals surface area contributed by atoms with Crippen LogP contribution in [0.1, 0.15) is 18.9 Å². The molecule has 0 aromatic carbocycles. The van der Waals surface area contributed by atoms with E-state index in [-0.39, 0.29) is 12.3 Å². The van der Waals surface area contributed by atoms with Crippen molar-refractivity contribution in [2.75, 3.05) is 13.7 Å². The van der Waals surface area contributed by atoms with E-state index < -0.39 is 6.10 Å². The van der Waals surface area contributed by atoms with E-state index in [4.69, 9.17) is 4.74 Å². The number of aliphatic hydroxyl groups excluding tert-OH is 1. The predicted molar refractivity (Wildman–Crippen MR) is 54.8 cm³/mol. The highest BCUT2D eigenvalue weighted by atomic mass is 16.5. The normalized spacial score (nSPS) is 18.0. The molecule has 15 heavy (non-hydrogen) atoms. The summed E-state index contributed by atoms with van der Waals surface area (Å²) in [5.74, 6) is 0. The quantitative estimate of drug-likeness (QED) is 0.747. The van der Waals surface area contributed by atoms with Crippen LogP contribution in [0.3, 0.4) is 0 Å². The van der Waals surface area contributed by atoms with Crippen LogP contribution in [0.25, 0.3) is 0 Å². The zero-order valence-electron chi connectivity index (χ0n) is 8.80. The van der Waals surface area contributed by atoms with E-state index >= 15 is 0 Å². The first-order chi connectivity index (χ1) is 7.22. The third-order valence-corrected chi connectivity index (χ3v) is 2.58. The molecule has 1 saturated carbocycles. The maximum atomic E-state index is 11.8. The molecule has 0 aliphatic heterocycles. The van der Waals surface area contributed by atoms with Gasteiger partial charge in [0.1, 0.15) is 0 Å². The number of methoxy groups -OCH3 is 1. The highest BCUT2D eigenvalue weighted by Crippen LogP contribution is 2.33. The van der Waals surface area contributed by atoms with Crippen LogP contribution in [0.2, 0.25) is 0 Å². The van der Waals surface area contributed by atoms with Crippen molar-refractivity contribution in [3.63, 3.8) is 0 Å². The Labute approximate surface area is 87.9 Å². The van der Waals surface area contributed by atoms with Gasteiger partial charge in [-0.05, 0) is 12.8 Å². The molecule has 0 radical (unpaired) electrons. The summed E-state index contributed by atoms with van der Waals surface area (Å²) in [5, 5.41) is 9.50. The molecule has 0 bridgehead atoms. The van der Waals surface area contributed by atoms with E-state index in [1.807, 2.05) is 0 Å². The molecule has 2 rings (SSSR count). The fourth-order valence-corrected chi connectivity index (χ4v) is 1.67. The van der Waals surface area contributed by atoms with Gasteiger partial charge >= 0.3 is 5.69 Å². The lowest BCUT2D eigenvalue weighted by Crippen LogP contribution is -2.30. The Balaban J connectivity index is 2.05. The maximum Gasteiger partial charge on any atom is 0.328 e. The van der Waals surface area contributed by atoms with E-state index in [0.717, 1.165) is 12.8 Å². The zero-order valence-corrected chi connectivity index (χ0v) is 8.80. The average molecular weight is 212 g/mol. The van der Waals surface area contributed by atoms with Crippen LogP contribution in [-0.4, -0.2) is 34.1 Å². The van der Waals surface area contributed by atoms with E-state index in [1.54, 1.807) is 17.0 Å². The van der Waals surface area contributed by atoms with Crippen LogP contribution >= 0.6 is 0 Å². The van der Waals surface area contributed by atoms with Gasteiger partial charge in [-0.15, -0.1) is 0 Å². The van der Waals surface area contributed by atoms with Crippen molar-refractivity contribution >= 4 is 0 Å². The third kappa shape index (κ3) is 2.30. The summed E-state index contributed by atoms with van der Waals surface area (Å²) in [6.45, 7) is 0.549. The van der Waals surface area contributed by atoms with Gasteiger partial charge in [0, 0.05) is 25.5 Å². The van der Waals surface area contributed by atoms with Gasteiger partial charge in [-0.2, -0.15) is 0 Å².